The topological polar surface area (TPSA) is 77.7 Å². The minimum atomic E-state index is -0.782. The van der Waals surface area contributed by atoms with Crippen LogP contribution in [0.15, 0.2) is 47.3 Å². The van der Waals surface area contributed by atoms with Crippen LogP contribution in [-0.4, -0.2) is 41.1 Å². The van der Waals surface area contributed by atoms with Crippen LogP contribution in [-0.2, 0) is 25.4 Å². The third kappa shape index (κ3) is 4.44. The number of aliphatic hydroxyl groups is 1. The monoisotopic (exact) mass is 385 g/mol. The molecule has 0 amide bonds. The molecule has 0 fully saturated rings. The molecule has 0 aliphatic carbocycles. The lowest BCUT2D eigenvalue weighted by molar-refractivity contribution is 0.108. The van der Waals surface area contributed by atoms with E-state index >= 15 is 0 Å². The number of aromatic nitrogens is 2. The van der Waals surface area contributed by atoms with Crippen LogP contribution in [0.5, 0.6) is 5.75 Å². The third-order valence-corrected chi connectivity index (χ3v) is 4.82. The van der Waals surface area contributed by atoms with Crippen LogP contribution in [0.1, 0.15) is 17.2 Å². The minimum absolute atomic E-state index is 0.0883. The largest absolute Gasteiger partial charge is 0.491 e. The zero-order valence-electron chi connectivity index (χ0n) is 16.5. The fourth-order valence-electron chi connectivity index (χ4n) is 3.11. The second-order valence-electron chi connectivity index (χ2n) is 6.79. The fraction of sp³-hybridized carbons (Fsp3) is 0.381. The van der Waals surface area contributed by atoms with E-state index in [9.17, 15) is 9.90 Å². The zero-order chi connectivity index (χ0) is 20.1. The molecule has 2 aromatic carbocycles. The molecule has 150 valence electrons. The van der Waals surface area contributed by atoms with Gasteiger partial charge in [-0.1, -0.05) is 18.2 Å². The highest BCUT2D eigenvalue weighted by Gasteiger charge is 2.13. The number of methoxy groups -OCH3 is 1. The molecule has 0 spiro atoms. The second kappa shape index (κ2) is 9.05. The first-order valence-corrected chi connectivity index (χ1v) is 9.26. The van der Waals surface area contributed by atoms with Gasteiger partial charge in [0.1, 0.15) is 18.5 Å². The first kappa shape index (κ1) is 20.1. The summed E-state index contributed by atoms with van der Waals surface area (Å²) in [5.41, 5.74) is 3.40. The summed E-state index contributed by atoms with van der Waals surface area (Å²) in [6.07, 6.45) is -0.782. The lowest BCUT2D eigenvalue weighted by Crippen LogP contribution is -2.19. The van der Waals surface area contributed by atoms with Crippen molar-refractivity contribution in [2.75, 3.05) is 26.9 Å². The summed E-state index contributed by atoms with van der Waals surface area (Å²) in [4.78, 5) is 12.0. The number of aryl methyl sites for hydroxylation is 2. The van der Waals surface area contributed by atoms with E-state index in [1.54, 1.807) is 30.3 Å². The van der Waals surface area contributed by atoms with Gasteiger partial charge in [-0.15, -0.1) is 0 Å². The Bertz CT molecular complexity index is 976. The Morgan fingerprint density at radius 1 is 1.07 bits per heavy atom. The maximum absolute atomic E-state index is 12.0. The molecule has 0 aliphatic heterocycles. The van der Waals surface area contributed by atoms with Gasteiger partial charge in [-0.3, -0.25) is 9.13 Å². The Morgan fingerprint density at radius 2 is 1.79 bits per heavy atom. The summed E-state index contributed by atoms with van der Waals surface area (Å²) in [5, 5.41) is 13.8. The molecule has 1 atom stereocenters. The average molecular weight is 385 g/mol. The van der Waals surface area contributed by atoms with Gasteiger partial charge in [0, 0.05) is 34.3 Å². The van der Waals surface area contributed by atoms with Gasteiger partial charge in [0.05, 0.1) is 17.6 Å². The maximum atomic E-state index is 12.0. The van der Waals surface area contributed by atoms with Gasteiger partial charge in [0.25, 0.3) is 0 Å². The SMILES string of the molecule is COCCNCc1ccc(OC[C@@H](O)c2ccc3c(c2)n(C)c(=O)n3C)cc1. The molecule has 7 nitrogen and oxygen atoms in total. The molecule has 1 aromatic heterocycles. The molecule has 0 radical (unpaired) electrons. The van der Waals surface area contributed by atoms with E-state index in [0.717, 1.165) is 29.7 Å². The normalized spacial score (nSPS) is 12.4. The Hall–Kier alpha value is -2.61. The van der Waals surface area contributed by atoms with E-state index in [1.165, 1.54) is 0 Å². The first-order chi connectivity index (χ1) is 13.5. The van der Waals surface area contributed by atoms with Gasteiger partial charge in [0.15, 0.2) is 0 Å². The van der Waals surface area contributed by atoms with E-state index in [1.807, 2.05) is 42.5 Å². The van der Waals surface area contributed by atoms with Crippen molar-refractivity contribution in [2.45, 2.75) is 12.6 Å². The van der Waals surface area contributed by atoms with Crippen LogP contribution >= 0.6 is 0 Å². The van der Waals surface area contributed by atoms with Crippen LogP contribution < -0.4 is 15.7 Å². The van der Waals surface area contributed by atoms with Crippen molar-refractivity contribution < 1.29 is 14.6 Å². The Kier molecular flexibility index (Phi) is 6.51. The van der Waals surface area contributed by atoms with Crippen molar-refractivity contribution in [1.82, 2.24) is 14.5 Å². The standard InChI is InChI=1S/C21H27N3O4/c1-23-18-9-6-16(12-19(18)24(2)21(23)26)20(25)14-28-17-7-4-15(5-8-17)13-22-10-11-27-3/h4-9,12,20,22,25H,10-11,13-14H2,1-3H3/t20-/m1/s1. The average Bonchev–Trinajstić information content (AvgIpc) is 2.94. The predicted octanol–water partition coefficient (Wildman–Crippen LogP) is 1.73. The number of nitrogens with one attached hydrogen (secondary N) is 1. The summed E-state index contributed by atoms with van der Waals surface area (Å²) in [7, 11) is 5.14. The minimum Gasteiger partial charge on any atom is -0.491 e. The van der Waals surface area contributed by atoms with Crippen molar-refractivity contribution >= 4 is 11.0 Å². The number of benzene rings is 2. The molecule has 1 heterocycles. The Labute approximate surface area is 164 Å². The highest BCUT2D eigenvalue weighted by atomic mass is 16.5. The Balaban J connectivity index is 1.59. The molecule has 2 N–H and O–H groups in total. The van der Waals surface area contributed by atoms with Gasteiger partial charge < -0.3 is 19.9 Å². The first-order valence-electron chi connectivity index (χ1n) is 9.26. The van der Waals surface area contributed by atoms with Gasteiger partial charge >= 0.3 is 5.69 Å². The highest BCUT2D eigenvalue weighted by molar-refractivity contribution is 5.76. The van der Waals surface area contributed by atoms with Crippen molar-refractivity contribution in [3.05, 3.63) is 64.1 Å². The number of nitrogens with zero attached hydrogens (tertiary/aromatic N) is 2. The number of rotatable bonds is 9. The summed E-state index contributed by atoms with van der Waals surface area (Å²) >= 11 is 0. The van der Waals surface area contributed by atoms with Gasteiger partial charge in [-0.05, 0) is 35.4 Å². The van der Waals surface area contributed by atoms with E-state index in [2.05, 4.69) is 5.32 Å². The molecule has 0 unspecified atom stereocenters. The van der Waals surface area contributed by atoms with Crippen molar-refractivity contribution in [2.24, 2.45) is 14.1 Å². The molecule has 0 saturated heterocycles. The molecule has 3 rings (SSSR count). The van der Waals surface area contributed by atoms with Crippen LogP contribution in [0.2, 0.25) is 0 Å². The summed E-state index contributed by atoms with van der Waals surface area (Å²) in [6.45, 7) is 2.39. The van der Waals surface area contributed by atoms with E-state index in [0.29, 0.717) is 17.9 Å². The molecule has 3 aromatic rings. The number of aliphatic hydroxyl groups excluding tert-OH is 1. The molecule has 0 saturated carbocycles. The quantitative estimate of drug-likeness (QED) is 0.549. The van der Waals surface area contributed by atoms with Gasteiger partial charge in [-0.2, -0.15) is 0 Å². The smallest absolute Gasteiger partial charge is 0.328 e. The van der Waals surface area contributed by atoms with Gasteiger partial charge in [0.2, 0.25) is 0 Å². The fourth-order valence-corrected chi connectivity index (χ4v) is 3.11. The molecular formula is C21H27N3O4. The number of hydrogen-bond donors (Lipinski definition) is 2. The van der Waals surface area contributed by atoms with Crippen molar-refractivity contribution in [3.63, 3.8) is 0 Å². The number of imidazole rings is 1. The maximum Gasteiger partial charge on any atom is 0.328 e. The molecular weight excluding hydrogens is 358 g/mol. The van der Waals surface area contributed by atoms with Crippen LogP contribution in [0.3, 0.4) is 0 Å². The Morgan fingerprint density at radius 3 is 2.50 bits per heavy atom. The number of fused-ring (bicyclic) bond motifs is 1. The third-order valence-electron chi connectivity index (χ3n) is 4.82. The molecule has 0 aliphatic rings. The van der Waals surface area contributed by atoms with Crippen LogP contribution in [0.4, 0.5) is 0 Å². The highest BCUT2D eigenvalue weighted by Crippen LogP contribution is 2.21. The van der Waals surface area contributed by atoms with Crippen LogP contribution in [0, 0.1) is 0 Å². The lowest BCUT2D eigenvalue weighted by atomic mass is 10.1. The lowest BCUT2D eigenvalue weighted by Gasteiger charge is -2.13. The molecule has 7 heteroatoms. The van der Waals surface area contributed by atoms with Crippen molar-refractivity contribution in [3.8, 4) is 5.75 Å². The molecule has 28 heavy (non-hydrogen) atoms. The van der Waals surface area contributed by atoms with Crippen LogP contribution in [0.25, 0.3) is 11.0 Å². The zero-order valence-corrected chi connectivity index (χ0v) is 16.5. The van der Waals surface area contributed by atoms with E-state index in [-0.39, 0.29) is 12.3 Å². The summed E-state index contributed by atoms with van der Waals surface area (Å²) < 4.78 is 13.9. The summed E-state index contributed by atoms with van der Waals surface area (Å²) in [6, 6.07) is 13.3. The number of ether oxygens (including phenoxy) is 2. The van der Waals surface area contributed by atoms with Gasteiger partial charge in [-0.25, -0.2) is 4.79 Å². The predicted molar refractivity (Wildman–Crippen MR) is 109 cm³/mol. The van der Waals surface area contributed by atoms with E-state index in [4.69, 9.17) is 9.47 Å². The van der Waals surface area contributed by atoms with E-state index < -0.39 is 6.10 Å². The number of hydrogen-bond acceptors (Lipinski definition) is 5. The summed E-state index contributed by atoms with van der Waals surface area (Å²) in [5.74, 6) is 0.702. The van der Waals surface area contributed by atoms with Crippen molar-refractivity contribution in [1.29, 1.82) is 0 Å². The molecule has 0 bridgehead atoms. The second-order valence-corrected chi connectivity index (χ2v) is 6.79.